The van der Waals surface area contributed by atoms with Gasteiger partial charge in [-0.25, -0.2) is 4.98 Å². The molecule has 4 amide bonds. The first kappa shape index (κ1) is 54.3. The zero-order valence-corrected chi connectivity index (χ0v) is 45.6. The maximum absolute atomic E-state index is 14.2. The molecular formula is C58H71N9O8S. The lowest BCUT2D eigenvalue weighted by Crippen LogP contribution is -2.58. The van der Waals surface area contributed by atoms with Crippen LogP contribution in [-0.2, 0) is 47.0 Å². The Bertz CT molecular complexity index is 3030. The first-order chi connectivity index (χ1) is 36.4. The highest BCUT2D eigenvalue weighted by molar-refractivity contribution is 7.13. The molecule has 3 fully saturated rings. The molecular weight excluding hydrogens is 983 g/mol. The highest BCUT2D eigenvalue weighted by Crippen LogP contribution is 2.46. The van der Waals surface area contributed by atoms with Gasteiger partial charge in [0, 0.05) is 98.1 Å². The number of carbonyl (C=O) groups excluding carboxylic acids is 5. The predicted octanol–water partition coefficient (Wildman–Crippen LogP) is 5.86. The molecule has 18 heteroatoms. The van der Waals surface area contributed by atoms with Crippen LogP contribution in [0.5, 0.6) is 0 Å². The van der Waals surface area contributed by atoms with Gasteiger partial charge in [-0.15, -0.1) is 11.3 Å². The highest BCUT2D eigenvalue weighted by Gasteiger charge is 2.45. The molecule has 76 heavy (non-hydrogen) atoms. The van der Waals surface area contributed by atoms with E-state index < -0.39 is 40.8 Å². The summed E-state index contributed by atoms with van der Waals surface area (Å²) in [5.74, 6) is -1.43. The van der Waals surface area contributed by atoms with Gasteiger partial charge in [0.05, 0.1) is 52.6 Å². The molecule has 3 aromatic carbocycles. The number of aryl methyl sites for hydroxylation is 2. The number of aliphatic hydroxyl groups excluding tert-OH is 1. The van der Waals surface area contributed by atoms with E-state index in [1.807, 2.05) is 74.5 Å². The number of piperidine rings is 1. The number of piperazine rings is 1. The number of aliphatic hydroxyl groups is 1. The largest absolute Gasteiger partial charge is 0.391 e. The van der Waals surface area contributed by atoms with E-state index >= 15 is 0 Å². The fourth-order valence-electron chi connectivity index (χ4n) is 11.5. The van der Waals surface area contributed by atoms with Gasteiger partial charge in [-0.3, -0.25) is 28.9 Å². The molecule has 1 aliphatic carbocycles. The Morgan fingerprint density at radius 3 is 2.34 bits per heavy atom. The zero-order valence-electron chi connectivity index (χ0n) is 44.8. The smallest absolute Gasteiger partial charge is 0.248 e. The van der Waals surface area contributed by atoms with Gasteiger partial charge in [0.25, 0.3) is 0 Å². The van der Waals surface area contributed by atoms with Crippen LogP contribution in [0.3, 0.4) is 0 Å². The van der Waals surface area contributed by atoms with Crippen LogP contribution in [0, 0.1) is 23.7 Å². The van der Waals surface area contributed by atoms with Crippen molar-refractivity contribution in [3.8, 4) is 16.5 Å². The molecule has 3 saturated heterocycles. The number of H-pyrrole nitrogens is 1. The number of nitrogens with zero attached hydrogens (tertiary/aromatic N) is 6. The van der Waals surface area contributed by atoms with Gasteiger partial charge in [0.1, 0.15) is 25.3 Å². The summed E-state index contributed by atoms with van der Waals surface area (Å²) in [6.07, 6.45) is 1.98. The third kappa shape index (κ3) is 11.3. The van der Waals surface area contributed by atoms with Crippen molar-refractivity contribution in [3.05, 3.63) is 105 Å². The lowest BCUT2D eigenvalue weighted by molar-refractivity contribution is -0.144. The second-order valence-corrected chi connectivity index (χ2v) is 23.1. The maximum Gasteiger partial charge on any atom is 0.248 e. The van der Waals surface area contributed by atoms with Crippen molar-refractivity contribution in [2.45, 2.75) is 110 Å². The number of likely N-dealkylation sites (tertiary alicyclic amines) is 1. The van der Waals surface area contributed by atoms with Gasteiger partial charge >= 0.3 is 0 Å². The van der Waals surface area contributed by atoms with Gasteiger partial charge in [-0.05, 0) is 78.1 Å². The number of aromatic amines is 1. The van der Waals surface area contributed by atoms with Crippen molar-refractivity contribution in [2.75, 3.05) is 77.1 Å². The first-order valence-corrected chi connectivity index (χ1v) is 27.5. The van der Waals surface area contributed by atoms with E-state index in [0.29, 0.717) is 30.3 Å². The number of aromatic nitrogens is 2. The summed E-state index contributed by atoms with van der Waals surface area (Å²) in [6.45, 7) is 18.4. The maximum atomic E-state index is 14.2. The molecule has 17 nitrogen and oxygen atoms in total. The number of nitrogens with one attached hydrogen (secondary N) is 3. The molecule has 3 atom stereocenters. The van der Waals surface area contributed by atoms with Crippen molar-refractivity contribution >= 4 is 57.3 Å². The third-order valence-electron chi connectivity index (χ3n) is 15.8. The van der Waals surface area contributed by atoms with Crippen LogP contribution in [0.25, 0.3) is 21.3 Å². The number of amides is 4. The van der Waals surface area contributed by atoms with Crippen molar-refractivity contribution in [3.63, 3.8) is 0 Å². The highest BCUT2D eigenvalue weighted by atomic mass is 32.1. The second kappa shape index (κ2) is 22.6. The Kier molecular flexibility index (Phi) is 16.2. The van der Waals surface area contributed by atoms with E-state index in [9.17, 15) is 34.3 Å². The van der Waals surface area contributed by atoms with Crippen LogP contribution in [-0.4, -0.2) is 156 Å². The van der Waals surface area contributed by atoms with Crippen molar-refractivity contribution in [1.29, 1.82) is 5.26 Å². The number of fused-ring (bicyclic) bond motifs is 4. The minimum atomic E-state index is -0.996. The van der Waals surface area contributed by atoms with Crippen LogP contribution >= 0.6 is 11.3 Å². The van der Waals surface area contributed by atoms with Gasteiger partial charge in [-0.1, -0.05) is 71.9 Å². The minimum absolute atomic E-state index is 0.0240. The van der Waals surface area contributed by atoms with E-state index in [2.05, 4.69) is 69.4 Å². The molecule has 3 aliphatic heterocycles. The molecule has 9 rings (SSSR count). The van der Waals surface area contributed by atoms with Crippen molar-refractivity contribution in [1.82, 2.24) is 35.3 Å². The Labute approximate surface area is 448 Å². The van der Waals surface area contributed by atoms with Crippen molar-refractivity contribution in [2.24, 2.45) is 5.41 Å². The van der Waals surface area contributed by atoms with E-state index in [4.69, 9.17) is 9.47 Å². The Morgan fingerprint density at radius 1 is 0.974 bits per heavy atom. The fraction of sp³-hybridized carbons (Fsp3) is 0.500. The number of nitriles is 1. The number of anilines is 1. The third-order valence-corrected chi connectivity index (χ3v) is 16.8. The molecule has 2 aromatic heterocycles. The molecule has 0 bridgehead atoms. The molecule has 0 radical (unpaired) electrons. The Hall–Kier alpha value is -6.49. The van der Waals surface area contributed by atoms with E-state index in [-0.39, 0.29) is 63.5 Å². The number of hydrogen-bond acceptors (Lipinski definition) is 13. The van der Waals surface area contributed by atoms with Gasteiger partial charge in [0.2, 0.25) is 23.6 Å². The molecule has 0 spiro atoms. The summed E-state index contributed by atoms with van der Waals surface area (Å²) in [4.78, 5) is 85.2. The number of carbonyl (C=O) groups is 5. The van der Waals surface area contributed by atoms with Crippen molar-refractivity contribution < 1.29 is 38.6 Å². The molecule has 5 heterocycles. The van der Waals surface area contributed by atoms with Gasteiger partial charge < -0.3 is 44.9 Å². The predicted molar refractivity (Wildman–Crippen MR) is 291 cm³/mol. The summed E-state index contributed by atoms with van der Waals surface area (Å²) in [7, 11) is 0. The van der Waals surface area contributed by atoms with E-state index in [1.165, 1.54) is 10.6 Å². The number of hydrogen-bond donors (Lipinski definition) is 4. The quantitative estimate of drug-likeness (QED) is 0.0857. The summed E-state index contributed by atoms with van der Waals surface area (Å²) < 4.78 is 11.3. The number of ketones is 1. The number of benzene rings is 3. The van der Waals surface area contributed by atoms with Crippen LogP contribution < -0.4 is 15.5 Å². The monoisotopic (exact) mass is 1050 g/mol. The fourth-order valence-corrected chi connectivity index (χ4v) is 12.3. The zero-order chi connectivity index (χ0) is 54.1. The summed E-state index contributed by atoms with van der Waals surface area (Å²) >= 11 is 1.57. The summed E-state index contributed by atoms with van der Waals surface area (Å²) in [6, 6.07) is 18.4. The Balaban J connectivity index is 0.686. The van der Waals surface area contributed by atoms with E-state index in [1.54, 1.807) is 17.4 Å². The van der Waals surface area contributed by atoms with Gasteiger partial charge in [-0.2, -0.15) is 5.26 Å². The molecule has 402 valence electrons. The lowest BCUT2D eigenvalue weighted by Gasteiger charge is -2.44. The number of rotatable bonds is 16. The number of thiazole rings is 1. The van der Waals surface area contributed by atoms with Crippen LogP contribution in [0.1, 0.15) is 110 Å². The number of ether oxygens (including phenoxy) is 2. The average Bonchev–Trinajstić information content (AvgIpc) is 4.21. The molecule has 0 saturated carbocycles. The SMILES string of the molecule is CCc1cc2c(cc1N1CCC(N3CCN(C(=O)COCCOCC(=O)N[C@H](C(=O)N4C[C@H](O)C[C@H]4C(=O)NCc4ccc(-c5scnc5C)cc4)C(C)(C)C)CC3)CC1)C(C)(C)c1[nH]c3cc(C#N)ccc3c1C2=O. The van der Waals surface area contributed by atoms with Gasteiger partial charge in [0.15, 0.2) is 5.78 Å². The lowest BCUT2D eigenvalue weighted by atomic mass is 9.70. The van der Waals surface area contributed by atoms with Crippen LogP contribution in [0.2, 0.25) is 0 Å². The first-order valence-electron chi connectivity index (χ1n) is 26.6. The standard InChI is InChI=1S/C58H71N9O8S/c1-8-38-26-43-44(58(6,7)53-50(51(43)71)42-14-11-37(29-59)25-45(42)62-53)28-46(38)65-17-15-40(16-18-65)64-19-21-66(22-20-64)49(70)33-75-24-23-74-32-48(69)63-54(57(3,4)5)56(73)67-31-41(68)27-47(67)55(72)60-30-36-9-12-39(13-10-36)52-35(2)61-34-76-52/h9-14,25-26,28,34,40-41,47,54,62,68H,8,15-24,27,30-33H2,1-7H3,(H,60,72)(H,63,69)/t41-,47+,54-/m1/s1. The summed E-state index contributed by atoms with van der Waals surface area (Å²) in [5, 5.41) is 26.7. The minimum Gasteiger partial charge on any atom is -0.391 e. The average molecular weight is 1050 g/mol. The second-order valence-electron chi connectivity index (χ2n) is 22.3. The normalized spacial score (nSPS) is 19.3. The number of β-amino-alcohol motifs (C(OH)–C–C–N with tert-alkyl or cyclic N) is 1. The molecule has 0 unspecified atom stereocenters. The Morgan fingerprint density at radius 2 is 1.68 bits per heavy atom. The molecule has 4 N–H and O–H groups in total. The molecule has 4 aliphatic rings. The van der Waals surface area contributed by atoms with Crippen LogP contribution in [0.4, 0.5) is 5.69 Å². The van der Waals surface area contributed by atoms with Crippen LogP contribution in [0.15, 0.2) is 60.1 Å². The topological polar surface area (TPSA) is 214 Å². The van der Waals surface area contributed by atoms with E-state index in [0.717, 1.165) is 100 Å². The summed E-state index contributed by atoms with van der Waals surface area (Å²) in [5.41, 5.74) is 10.6. The molecule has 5 aromatic rings.